The average molecular weight is 449 g/mol. The number of carbonyl (C=O) groups excluding carboxylic acids is 2. The zero-order valence-electron chi connectivity index (χ0n) is 17.9. The molecule has 170 valence electrons. The van der Waals surface area contributed by atoms with Gasteiger partial charge in [0.15, 0.2) is 0 Å². The molecular formula is C24H23N3O6. The first-order valence-corrected chi connectivity index (χ1v) is 10.4. The number of hydrogen-bond donors (Lipinski definition) is 2. The summed E-state index contributed by atoms with van der Waals surface area (Å²) in [6.45, 7) is 0.167. The molecule has 0 fully saturated rings. The van der Waals surface area contributed by atoms with E-state index in [-0.39, 0.29) is 19.1 Å². The number of carboxylic acids is 1. The van der Waals surface area contributed by atoms with Crippen LogP contribution in [-0.2, 0) is 20.9 Å². The SMILES string of the molecule is CN(Cc1ccon1)C(=O)C(CC(=O)O)NC(=O)OCC1c2ccccc2-c2ccccc21. The lowest BCUT2D eigenvalue weighted by Crippen LogP contribution is -2.48. The Bertz CT molecular complexity index is 1120. The van der Waals surface area contributed by atoms with Gasteiger partial charge in [0.25, 0.3) is 0 Å². The highest BCUT2D eigenvalue weighted by Crippen LogP contribution is 2.44. The Morgan fingerprint density at radius 2 is 1.73 bits per heavy atom. The second-order valence-electron chi connectivity index (χ2n) is 7.81. The highest BCUT2D eigenvalue weighted by Gasteiger charge is 2.31. The van der Waals surface area contributed by atoms with Gasteiger partial charge in [-0.05, 0) is 22.3 Å². The summed E-state index contributed by atoms with van der Waals surface area (Å²) in [5, 5.41) is 15.4. The third kappa shape index (κ3) is 4.87. The Balaban J connectivity index is 1.42. The summed E-state index contributed by atoms with van der Waals surface area (Å²) in [4.78, 5) is 37.9. The van der Waals surface area contributed by atoms with E-state index in [4.69, 9.17) is 9.26 Å². The van der Waals surface area contributed by atoms with Gasteiger partial charge in [0.1, 0.15) is 24.6 Å². The number of nitrogens with one attached hydrogen (secondary N) is 1. The number of benzene rings is 2. The maximum atomic E-state index is 12.8. The van der Waals surface area contributed by atoms with E-state index in [9.17, 15) is 19.5 Å². The fraction of sp³-hybridized carbons (Fsp3) is 0.250. The van der Waals surface area contributed by atoms with Crippen molar-refractivity contribution in [2.75, 3.05) is 13.7 Å². The van der Waals surface area contributed by atoms with Crippen LogP contribution in [0.4, 0.5) is 4.79 Å². The van der Waals surface area contributed by atoms with E-state index in [0.717, 1.165) is 22.3 Å². The van der Waals surface area contributed by atoms with Gasteiger partial charge in [-0.1, -0.05) is 53.7 Å². The van der Waals surface area contributed by atoms with Crippen molar-refractivity contribution in [3.63, 3.8) is 0 Å². The van der Waals surface area contributed by atoms with E-state index in [1.165, 1.54) is 18.2 Å². The van der Waals surface area contributed by atoms with E-state index in [0.29, 0.717) is 5.69 Å². The second-order valence-corrected chi connectivity index (χ2v) is 7.81. The van der Waals surface area contributed by atoms with Crippen molar-refractivity contribution >= 4 is 18.0 Å². The minimum Gasteiger partial charge on any atom is -0.481 e. The van der Waals surface area contributed by atoms with Crippen molar-refractivity contribution in [2.24, 2.45) is 0 Å². The molecule has 1 aliphatic carbocycles. The molecular weight excluding hydrogens is 426 g/mol. The molecule has 2 amide bonds. The van der Waals surface area contributed by atoms with Gasteiger partial charge >= 0.3 is 12.1 Å². The molecule has 0 saturated heterocycles. The third-order valence-electron chi connectivity index (χ3n) is 5.58. The molecule has 2 aromatic carbocycles. The summed E-state index contributed by atoms with van der Waals surface area (Å²) in [7, 11) is 1.49. The van der Waals surface area contributed by atoms with E-state index in [1.54, 1.807) is 6.07 Å². The third-order valence-corrected chi connectivity index (χ3v) is 5.58. The van der Waals surface area contributed by atoms with Crippen LogP contribution in [0.25, 0.3) is 11.1 Å². The van der Waals surface area contributed by atoms with Crippen molar-refractivity contribution in [3.05, 3.63) is 77.7 Å². The fourth-order valence-electron chi connectivity index (χ4n) is 4.06. The number of nitrogens with zero attached hydrogens (tertiary/aromatic N) is 2. The smallest absolute Gasteiger partial charge is 0.407 e. The van der Waals surface area contributed by atoms with Gasteiger partial charge in [0.05, 0.1) is 13.0 Å². The molecule has 0 saturated carbocycles. The first-order valence-electron chi connectivity index (χ1n) is 10.4. The van der Waals surface area contributed by atoms with Gasteiger partial charge in [-0.2, -0.15) is 0 Å². The first kappa shape index (κ1) is 22.1. The van der Waals surface area contributed by atoms with Crippen LogP contribution >= 0.6 is 0 Å². The normalized spacial score (nSPS) is 13.0. The van der Waals surface area contributed by atoms with E-state index < -0.39 is 30.4 Å². The summed E-state index contributed by atoms with van der Waals surface area (Å²) >= 11 is 0. The van der Waals surface area contributed by atoms with Crippen LogP contribution < -0.4 is 5.32 Å². The summed E-state index contributed by atoms with van der Waals surface area (Å²) in [6, 6.07) is 16.2. The molecule has 1 atom stereocenters. The number of aromatic nitrogens is 1. The number of hydrogen-bond acceptors (Lipinski definition) is 6. The number of rotatable bonds is 8. The molecule has 1 heterocycles. The van der Waals surface area contributed by atoms with Crippen LogP contribution in [0.5, 0.6) is 0 Å². The minimum atomic E-state index is -1.28. The van der Waals surface area contributed by atoms with Crippen LogP contribution in [0.3, 0.4) is 0 Å². The van der Waals surface area contributed by atoms with E-state index in [2.05, 4.69) is 10.5 Å². The first-order chi connectivity index (χ1) is 15.9. The number of aliphatic carboxylic acids is 1. The van der Waals surface area contributed by atoms with Crippen LogP contribution in [0.15, 0.2) is 65.4 Å². The molecule has 9 nitrogen and oxygen atoms in total. The molecule has 0 radical (unpaired) electrons. The molecule has 4 rings (SSSR count). The van der Waals surface area contributed by atoms with Crippen LogP contribution in [-0.4, -0.2) is 52.8 Å². The molecule has 3 aromatic rings. The fourth-order valence-corrected chi connectivity index (χ4v) is 4.06. The molecule has 1 aromatic heterocycles. The molecule has 9 heteroatoms. The molecule has 2 N–H and O–H groups in total. The summed E-state index contributed by atoms with van der Waals surface area (Å²) in [5.74, 6) is -1.94. The number of likely N-dealkylation sites (N-methyl/N-ethyl adjacent to an activating group) is 1. The van der Waals surface area contributed by atoms with Crippen LogP contribution in [0.1, 0.15) is 29.2 Å². The van der Waals surface area contributed by atoms with E-state index in [1.807, 2.05) is 48.5 Å². The quantitative estimate of drug-likeness (QED) is 0.542. The standard InChI is InChI=1S/C24H23N3O6/c1-27(13-15-10-11-33-26-15)23(30)21(12-22(28)29)25-24(31)32-14-20-18-8-4-2-6-16(18)17-7-3-5-9-19(17)20/h2-11,20-21H,12-14H2,1H3,(H,25,31)(H,28,29). The predicted octanol–water partition coefficient (Wildman–Crippen LogP) is 3.02. The molecule has 33 heavy (non-hydrogen) atoms. The number of ether oxygens (including phenoxy) is 1. The molecule has 0 spiro atoms. The van der Waals surface area contributed by atoms with Gasteiger partial charge in [-0.15, -0.1) is 0 Å². The Morgan fingerprint density at radius 3 is 2.30 bits per heavy atom. The molecule has 0 aliphatic heterocycles. The number of carbonyl (C=O) groups is 3. The highest BCUT2D eigenvalue weighted by molar-refractivity contribution is 5.89. The number of fused-ring (bicyclic) bond motifs is 3. The van der Waals surface area contributed by atoms with Crippen molar-refractivity contribution < 1.29 is 28.8 Å². The van der Waals surface area contributed by atoms with Crippen LogP contribution in [0.2, 0.25) is 0 Å². The molecule has 1 unspecified atom stereocenters. The number of amides is 2. The maximum absolute atomic E-state index is 12.8. The van der Waals surface area contributed by atoms with Gasteiger partial charge in [-0.3, -0.25) is 9.59 Å². The minimum absolute atomic E-state index is 0.0582. The summed E-state index contributed by atoms with van der Waals surface area (Å²) in [6.07, 6.45) is -0.0601. The zero-order chi connectivity index (χ0) is 23.4. The Hall–Kier alpha value is -4.14. The second kappa shape index (κ2) is 9.56. The lowest BCUT2D eigenvalue weighted by atomic mass is 9.98. The average Bonchev–Trinajstić information content (AvgIpc) is 3.42. The van der Waals surface area contributed by atoms with Gasteiger partial charge in [0.2, 0.25) is 5.91 Å². The highest BCUT2D eigenvalue weighted by atomic mass is 16.5. The molecule has 1 aliphatic rings. The lowest BCUT2D eigenvalue weighted by molar-refractivity contribution is -0.142. The Morgan fingerprint density at radius 1 is 1.09 bits per heavy atom. The summed E-state index contributed by atoms with van der Waals surface area (Å²) in [5.41, 5.74) is 4.79. The van der Waals surface area contributed by atoms with Gasteiger partial charge in [-0.25, -0.2) is 4.79 Å². The number of alkyl carbamates (subject to hydrolysis) is 1. The van der Waals surface area contributed by atoms with Crippen molar-refractivity contribution in [1.82, 2.24) is 15.4 Å². The topological polar surface area (TPSA) is 122 Å². The largest absolute Gasteiger partial charge is 0.481 e. The Kier molecular flexibility index (Phi) is 6.39. The zero-order valence-corrected chi connectivity index (χ0v) is 17.9. The van der Waals surface area contributed by atoms with Gasteiger partial charge < -0.3 is 24.6 Å². The monoisotopic (exact) mass is 449 g/mol. The van der Waals surface area contributed by atoms with Crippen molar-refractivity contribution in [2.45, 2.75) is 24.9 Å². The maximum Gasteiger partial charge on any atom is 0.407 e. The predicted molar refractivity (Wildman–Crippen MR) is 117 cm³/mol. The molecule has 0 bridgehead atoms. The van der Waals surface area contributed by atoms with Crippen LogP contribution in [0, 0.1) is 0 Å². The number of carboxylic acid groups (broad SMARTS) is 1. The summed E-state index contributed by atoms with van der Waals surface area (Å²) < 4.78 is 10.2. The van der Waals surface area contributed by atoms with E-state index >= 15 is 0 Å². The lowest BCUT2D eigenvalue weighted by Gasteiger charge is -2.23. The van der Waals surface area contributed by atoms with Crippen molar-refractivity contribution in [3.8, 4) is 11.1 Å². The Labute approximate surface area is 189 Å². The van der Waals surface area contributed by atoms with Crippen molar-refractivity contribution in [1.29, 1.82) is 0 Å². The van der Waals surface area contributed by atoms with Gasteiger partial charge in [0, 0.05) is 19.0 Å².